The van der Waals surface area contributed by atoms with Crippen molar-refractivity contribution in [2.24, 2.45) is 0 Å². The van der Waals surface area contributed by atoms with Crippen molar-refractivity contribution in [3.8, 4) is 0 Å². The van der Waals surface area contributed by atoms with Gasteiger partial charge in [-0.3, -0.25) is 0 Å². The quantitative estimate of drug-likeness (QED) is 0.797. The van der Waals surface area contributed by atoms with Crippen molar-refractivity contribution in [2.75, 3.05) is 0 Å². The van der Waals surface area contributed by atoms with Gasteiger partial charge in [-0.1, -0.05) is 11.8 Å². The molecule has 0 aliphatic heterocycles. The van der Waals surface area contributed by atoms with Gasteiger partial charge in [0.1, 0.15) is 9.90 Å². The summed E-state index contributed by atoms with van der Waals surface area (Å²) in [4.78, 5) is 16.3. The third-order valence-corrected chi connectivity index (χ3v) is 4.34. The molecular formula is C11H7N3O2S2. The van der Waals surface area contributed by atoms with E-state index in [1.165, 1.54) is 23.1 Å². The second-order valence-electron chi connectivity index (χ2n) is 3.45. The van der Waals surface area contributed by atoms with Crippen LogP contribution in [0.15, 0.2) is 46.0 Å². The Morgan fingerprint density at radius 2 is 2.33 bits per heavy atom. The first-order valence-electron chi connectivity index (χ1n) is 5.02. The summed E-state index contributed by atoms with van der Waals surface area (Å²) in [5.74, 6) is -0.901. The molecule has 0 aliphatic rings. The highest BCUT2D eigenvalue weighted by molar-refractivity contribution is 7.99. The molecule has 0 spiro atoms. The van der Waals surface area contributed by atoms with Crippen LogP contribution in [0, 0.1) is 0 Å². The summed E-state index contributed by atoms with van der Waals surface area (Å²) in [7, 11) is 0. The number of carboxylic acid groups (broad SMARTS) is 1. The van der Waals surface area contributed by atoms with Gasteiger partial charge in [-0.25, -0.2) is 14.3 Å². The first-order chi connectivity index (χ1) is 8.74. The molecule has 0 atom stereocenters. The molecule has 0 saturated heterocycles. The summed E-state index contributed by atoms with van der Waals surface area (Å²) in [5.41, 5.74) is 0.908. The fourth-order valence-electron chi connectivity index (χ4n) is 1.51. The first kappa shape index (κ1) is 11.2. The number of hydrogen-bond donors (Lipinski definition) is 1. The first-order valence-corrected chi connectivity index (χ1v) is 6.72. The minimum atomic E-state index is -0.901. The van der Waals surface area contributed by atoms with E-state index in [1.54, 1.807) is 29.2 Å². The van der Waals surface area contributed by atoms with Crippen LogP contribution < -0.4 is 0 Å². The number of carbonyl (C=O) groups is 1. The third-order valence-electron chi connectivity index (χ3n) is 2.29. The number of rotatable bonds is 3. The standard InChI is InChI=1S/C11H7N3O2S2/c15-11(16)9-5-7(6-17-9)18-10-8-1-2-13-14(8)4-3-12-10/h1-6H,(H,15,16). The molecule has 0 unspecified atom stereocenters. The normalized spacial score (nSPS) is 10.9. The van der Waals surface area contributed by atoms with Gasteiger partial charge in [-0.15, -0.1) is 11.3 Å². The second kappa shape index (κ2) is 4.43. The van der Waals surface area contributed by atoms with Crippen molar-refractivity contribution < 1.29 is 9.90 Å². The smallest absolute Gasteiger partial charge is 0.345 e. The van der Waals surface area contributed by atoms with Crippen LogP contribution in [-0.4, -0.2) is 25.7 Å². The SMILES string of the molecule is O=C(O)c1cc(Sc2nccn3nccc23)cs1. The van der Waals surface area contributed by atoms with E-state index in [1.807, 2.05) is 11.4 Å². The molecule has 0 aliphatic carbocycles. The highest BCUT2D eigenvalue weighted by Gasteiger charge is 2.10. The Labute approximate surface area is 110 Å². The van der Waals surface area contributed by atoms with E-state index in [2.05, 4.69) is 10.1 Å². The van der Waals surface area contributed by atoms with E-state index in [0.717, 1.165) is 15.4 Å². The predicted molar refractivity (Wildman–Crippen MR) is 68.4 cm³/mol. The van der Waals surface area contributed by atoms with Gasteiger partial charge in [-0.2, -0.15) is 5.10 Å². The Kier molecular flexibility index (Phi) is 2.77. The average molecular weight is 277 g/mol. The van der Waals surface area contributed by atoms with Crippen molar-refractivity contribution in [3.05, 3.63) is 41.0 Å². The van der Waals surface area contributed by atoms with E-state index in [9.17, 15) is 4.79 Å². The number of aromatic carboxylic acids is 1. The summed E-state index contributed by atoms with van der Waals surface area (Å²) in [5, 5.41) is 15.6. The Bertz CT molecular complexity index is 720. The van der Waals surface area contributed by atoms with Crippen LogP contribution in [0.4, 0.5) is 0 Å². The number of aromatic nitrogens is 3. The zero-order chi connectivity index (χ0) is 12.5. The molecule has 90 valence electrons. The van der Waals surface area contributed by atoms with Gasteiger partial charge in [0.2, 0.25) is 0 Å². The van der Waals surface area contributed by atoms with Crippen molar-refractivity contribution in [2.45, 2.75) is 9.92 Å². The van der Waals surface area contributed by atoms with Crippen LogP contribution >= 0.6 is 23.1 Å². The summed E-state index contributed by atoms with van der Waals surface area (Å²) in [6.45, 7) is 0. The maximum Gasteiger partial charge on any atom is 0.345 e. The molecule has 0 amide bonds. The molecule has 5 nitrogen and oxygen atoms in total. The summed E-state index contributed by atoms with van der Waals surface area (Å²) >= 11 is 2.65. The Balaban J connectivity index is 1.96. The Hall–Kier alpha value is -1.86. The van der Waals surface area contributed by atoms with E-state index in [0.29, 0.717) is 4.88 Å². The number of carboxylic acids is 1. The van der Waals surface area contributed by atoms with Crippen molar-refractivity contribution in [1.29, 1.82) is 0 Å². The minimum Gasteiger partial charge on any atom is -0.477 e. The summed E-state index contributed by atoms with van der Waals surface area (Å²) in [6.07, 6.45) is 5.15. The number of nitrogens with zero attached hydrogens (tertiary/aromatic N) is 3. The molecule has 0 radical (unpaired) electrons. The lowest BCUT2D eigenvalue weighted by Gasteiger charge is -2.00. The van der Waals surface area contributed by atoms with Crippen LogP contribution in [0.3, 0.4) is 0 Å². The molecule has 3 rings (SSSR count). The molecule has 0 bridgehead atoms. The lowest BCUT2D eigenvalue weighted by Crippen LogP contribution is -1.91. The lowest BCUT2D eigenvalue weighted by atomic mass is 10.5. The van der Waals surface area contributed by atoms with Crippen LogP contribution in [-0.2, 0) is 0 Å². The van der Waals surface area contributed by atoms with Gasteiger partial charge in [0.05, 0.1) is 11.7 Å². The molecule has 3 aromatic heterocycles. The van der Waals surface area contributed by atoms with Gasteiger partial charge in [0.25, 0.3) is 0 Å². The molecular weight excluding hydrogens is 270 g/mol. The van der Waals surface area contributed by atoms with E-state index < -0.39 is 5.97 Å². The van der Waals surface area contributed by atoms with Crippen LogP contribution in [0.25, 0.3) is 5.52 Å². The van der Waals surface area contributed by atoms with Gasteiger partial charge in [-0.05, 0) is 12.1 Å². The molecule has 0 fully saturated rings. The fraction of sp³-hybridized carbons (Fsp3) is 0. The summed E-state index contributed by atoms with van der Waals surface area (Å²) < 4.78 is 1.74. The average Bonchev–Trinajstić information content (AvgIpc) is 2.97. The number of fused-ring (bicyclic) bond motifs is 1. The van der Waals surface area contributed by atoms with Crippen LogP contribution in [0.1, 0.15) is 9.67 Å². The summed E-state index contributed by atoms with van der Waals surface area (Å²) in [6, 6.07) is 3.53. The molecule has 18 heavy (non-hydrogen) atoms. The van der Waals surface area contributed by atoms with Crippen molar-refractivity contribution in [1.82, 2.24) is 14.6 Å². The molecule has 3 heterocycles. The van der Waals surface area contributed by atoms with Gasteiger partial charge < -0.3 is 5.11 Å². The zero-order valence-corrected chi connectivity index (χ0v) is 10.6. The monoisotopic (exact) mass is 277 g/mol. The minimum absolute atomic E-state index is 0.331. The third kappa shape index (κ3) is 1.98. The van der Waals surface area contributed by atoms with Crippen LogP contribution in [0.2, 0.25) is 0 Å². The van der Waals surface area contributed by atoms with Gasteiger partial charge in [0.15, 0.2) is 0 Å². The lowest BCUT2D eigenvalue weighted by molar-refractivity contribution is 0.0702. The van der Waals surface area contributed by atoms with E-state index >= 15 is 0 Å². The Morgan fingerprint density at radius 3 is 3.11 bits per heavy atom. The second-order valence-corrected chi connectivity index (χ2v) is 5.42. The number of hydrogen-bond acceptors (Lipinski definition) is 5. The molecule has 1 N–H and O–H groups in total. The van der Waals surface area contributed by atoms with Gasteiger partial charge in [0, 0.05) is 22.7 Å². The Morgan fingerprint density at radius 1 is 1.44 bits per heavy atom. The maximum absolute atomic E-state index is 10.8. The molecule has 7 heteroatoms. The highest BCUT2D eigenvalue weighted by Crippen LogP contribution is 2.32. The van der Waals surface area contributed by atoms with Crippen LogP contribution in [0.5, 0.6) is 0 Å². The van der Waals surface area contributed by atoms with E-state index in [4.69, 9.17) is 5.11 Å². The fourth-order valence-corrected chi connectivity index (χ4v) is 3.31. The largest absolute Gasteiger partial charge is 0.477 e. The predicted octanol–water partition coefficient (Wildman–Crippen LogP) is 2.64. The molecule has 0 aromatic carbocycles. The highest BCUT2D eigenvalue weighted by atomic mass is 32.2. The maximum atomic E-state index is 10.8. The number of thiophene rings is 1. The molecule has 0 saturated carbocycles. The zero-order valence-electron chi connectivity index (χ0n) is 8.98. The van der Waals surface area contributed by atoms with E-state index in [-0.39, 0.29) is 0 Å². The van der Waals surface area contributed by atoms with Gasteiger partial charge >= 0.3 is 5.97 Å². The van der Waals surface area contributed by atoms with Crippen molar-refractivity contribution >= 4 is 34.6 Å². The topological polar surface area (TPSA) is 67.5 Å². The van der Waals surface area contributed by atoms with Crippen molar-refractivity contribution in [3.63, 3.8) is 0 Å². The molecule has 3 aromatic rings.